The Morgan fingerprint density at radius 1 is 1.16 bits per heavy atom. The van der Waals surface area contributed by atoms with Crippen LogP contribution in [0.2, 0.25) is 0 Å². The molecule has 7 heteroatoms. The molecule has 0 aromatic heterocycles. The van der Waals surface area contributed by atoms with E-state index in [1.807, 2.05) is 38.1 Å². The van der Waals surface area contributed by atoms with E-state index in [-0.39, 0.29) is 18.5 Å². The van der Waals surface area contributed by atoms with Crippen LogP contribution in [0.25, 0.3) is 0 Å². The van der Waals surface area contributed by atoms with Gasteiger partial charge in [-0.2, -0.15) is 0 Å². The second-order valence-corrected chi connectivity index (χ2v) is 8.68. The number of carbonyl (C=O) groups is 1. The van der Waals surface area contributed by atoms with Crippen LogP contribution in [0.3, 0.4) is 0 Å². The summed E-state index contributed by atoms with van der Waals surface area (Å²) in [4.78, 5) is 12.4. The molecule has 0 unspecified atom stereocenters. The molecule has 1 atom stereocenters. The Morgan fingerprint density at radius 3 is 2.32 bits per heavy atom. The Bertz CT molecular complexity index is 851. The third kappa shape index (κ3) is 5.31. The standard InChI is InChI=1S/C18H21BrN2O3S/c1-13-8-10-15(11-9-13)14(2)20-18(22)12-21(25(3,23)24)17-7-5-4-6-16(17)19/h4-11,14H,12H2,1-3H3,(H,20,22)/t14-/m0/s1. The van der Waals surface area contributed by atoms with Crippen LogP contribution in [-0.2, 0) is 14.8 Å². The van der Waals surface area contributed by atoms with Crippen molar-refractivity contribution in [1.29, 1.82) is 0 Å². The summed E-state index contributed by atoms with van der Waals surface area (Å²) < 4.78 is 26.0. The first-order chi connectivity index (χ1) is 11.7. The average Bonchev–Trinajstić information content (AvgIpc) is 2.53. The quantitative estimate of drug-likeness (QED) is 0.772. The smallest absolute Gasteiger partial charge is 0.241 e. The van der Waals surface area contributed by atoms with Crippen LogP contribution in [0.1, 0.15) is 24.1 Å². The number of nitrogens with zero attached hydrogens (tertiary/aromatic N) is 1. The number of hydrogen-bond donors (Lipinski definition) is 1. The molecule has 0 radical (unpaired) electrons. The third-order valence-corrected chi connectivity index (χ3v) is 5.56. The molecule has 0 spiro atoms. The van der Waals surface area contributed by atoms with Crippen LogP contribution in [0.15, 0.2) is 53.0 Å². The van der Waals surface area contributed by atoms with Gasteiger partial charge in [-0.1, -0.05) is 42.0 Å². The number of hydrogen-bond acceptors (Lipinski definition) is 3. The van der Waals surface area contributed by atoms with E-state index in [9.17, 15) is 13.2 Å². The van der Waals surface area contributed by atoms with Crippen LogP contribution < -0.4 is 9.62 Å². The molecular weight excluding hydrogens is 404 g/mol. The highest BCUT2D eigenvalue weighted by atomic mass is 79.9. The van der Waals surface area contributed by atoms with Crippen molar-refractivity contribution in [2.75, 3.05) is 17.1 Å². The fraction of sp³-hybridized carbons (Fsp3) is 0.278. The maximum absolute atomic E-state index is 12.4. The molecule has 25 heavy (non-hydrogen) atoms. The summed E-state index contributed by atoms with van der Waals surface area (Å²) in [6, 6.07) is 14.5. The molecule has 0 heterocycles. The van der Waals surface area contributed by atoms with Gasteiger partial charge in [-0.3, -0.25) is 9.10 Å². The van der Waals surface area contributed by atoms with Gasteiger partial charge in [0.15, 0.2) is 0 Å². The van der Waals surface area contributed by atoms with Crippen molar-refractivity contribution in [2.45, 2.75) is 19.9 Å². The zero-order valence-corrected chi connectivity index (χ0v) is 16.8. The Hall–Kier alpha value is -1.86. The molecule has 0 fully saturated rings. The second kappa shape index (κ2) is 8.01. The van der Waals surface area contributed by atoms with Crippen molar-refractivity contribution in [3.8, 4) is 0 Å². The van der Waals surface area contributed by atoms with E-state index in [2.05, 4.69) is 21.2 Å². The Morgan fingerprint density at radius 2 is 1.76 bits per heavy atom. The van der Waals surface area contributed by atoms with Gasteiger partial charge in [0.1, 0.15) is 6.54 Å². The molecule has 0 saturated carbocycles. The van der Waals surface area contributed by atoms with Gasteiger partial charge in [-0.15, -0.1) is 0 Å². The fourth-order valence-electron chi connectivity index (χ4n) is 2.39. The number of para-hydroxylation sites is 1. The zero-order valence-electron chi connectivity index (χ0n) is 14.4. The maximum Gasteiger partial charge on any atom is 0.241 e. The minimum Gasteiger partial charge on any atom is -0.348 e. The van der Waals surface area contributed by atoms with Crippen molar-refractivity contribution in [3.63, 3.8) is 0 Å². The molecule has 0 aliphatic rings. The van der Waals surface area contributed by atoms with E-state index in [0.29, 0.717) is 10.2 Å². The minimum absolute atomic E-state index is 0.214. The molecule has 0 bridgehead atoms. The lowest BCUT2D eigenvalue weighted by molar-refractivity contribution is -0.120. The molecule has 1 amide bonds. The van der Waals surface area contributed by atoms with Crippen molar-refractivity contribution in [1.82, 2.24) is 5.32 Å². The van der Waals surface area contributed by atoms with Gasteiger partial charge in [0.05, 0.1) is 18.0 Å². The zero-order chi connectivity index (χ0) is 18.6. The number of aryl methyl sites for hydroxylation is 1. The fourth-order valence-corrected chi connectivity index (χ4v) is 3.88. The lowest BCUT2D eigenvalue weighted by atomic mass is 10.1. The van der Waals surface area contributed by atoms with Gasteiger partial charge < -0.3 is 5.32 Å². The molecule has 134 valence electrons. The number of sulfonamides is 1. The van der Waals surface area contributed by atoms with E-state index in [0.717, 1.165) is 21.7 Å². The van der Waals surface area contributed by atoms with Gasteiger partial charge in [-0.05, 0) is 47.5 Å². The molecular formula is C18H21BrN2O3S. The first-order valence-corrected chi connectivity index (χ1v) is 10.4. The molecule has 0 aliphatic heterocycles. The first-order valence-electron chi connectivity index (χ1n) is 7.76. The van der Waals surface area contributed by atoms with E-state index in [4.69, 9.17) is 0 Å². The average molecular weight is 425 g/mol. The number of anilines is 1. The summed E-state index contributed by atoms with van der Waals surface area (Å²) in [5.41, 5.74) is 2.54. The van der Waals surface area contributed by atoms with Crippen LogP contribution in [0, 0.1) is 6.92 Å². The van der Waals surface area contributed by atoms with Gasteiger partial charge in [0, 0.05) is 4.47 Å². The Labute approximate surface area is 157 Å². The van der Waals surface area contributed by atoms with Crippen LogP contribution in [0.4, 0.5) is 5.69 Å². The van der Waals surface area contributed by atoms with Gasteiger partial charge >= 0.3 is 0 Å². The lowest BCUT2D eigenvalue weighted by Crippen LogP contribution is -2.41. The SMILES string of the molecule is Cc1ccc([C@H](C)NC(=O)CN(c2ccccc2Br)S(C)(=O)=O)cc1. The van der Waals surface area contributed by atoms with E-state index in [1.54, 1.807) is 24.3 Å². The summed E-state index contributed by atoms with van der Waals surface area (Å²) in [7, 11) is -3.60. The number of rotatable bonds is 6. The molecule has 0 saturated heterocycles. The van der Waals surface area contributed by atoms with E-state index in [1.165, 1.54) is 0 Å². The molecule has 0 aliphatic carbocycles. The summed E-state index contributed by atoms with van der Waals surface area (Å²) >= 11 is 3.34. The largest absolute Gasteiger partial charge is 0.348 e. The van der Waals surface area contributed by atoms with Crippen LogP contribution in [-0.4, -0.2) is 27.1 Å². The summed E-state index contributed by atoms with van der Waals surface area (Å²) in [5, 5.41) is 2.85. The number of nitrogens with one attached hydrogen (secondary N) is 1. The van der Waals surface area contributed by atoms with Gasteiger partial charge in [-0.25, -0.2) is 8.42 Å². The highest BCUT2D eigenvalue weighted by molar-refractivity contribution is 9.10. The van der Waals surface area contributed by atoms with Crippen molar-refractivity contribution >= 4 is 37.5 Å². The third-order valence-electron chi connectivity index (χ3n) is 3.76. The number of halogens is 1. The van der Waals surface area contributed by atoms with Crippen molar-refractivity contribution < 1.29 is 13.2 Å². The molecule has 2 aromatic rings. The highest BCUT2D eigenvalue weighted by Gasteiger charge is 2.23. The second-order valence-electron chi connectivity index (χ2n) is 5.92. The lowest BCUT2D eigenvalue weighted by Gasteiger charge is -2.24. The van der Waals surface area contributed by atoms with Crippen LogP contribution >= 0.6 is 15.9 Å². The van der Waals surface area contributed by atoms with Crippen LogP contribution in [0.5, 0.6) is 0 Å². The maximum atomic E-state index is 12.4. The first kappa shape index (κ1) is 19.5. The predicted molar refractivity (Wildman–Crippen MR) is 104 cm³/mol. The Kier molecular flexibility index (Phi) is 6.24. The summed E-state index contributed by atoms with van der Waals surface area (Å²) in [6.45, 7) is 3.58. The normalized spacial score (nSPS) is 12.5. The van der Waals surface area contributed by atoms with Crippen molar-refractivity contribution in [3.05, 3.63) is 64.1 Å². The van der Waals surface area contributed by atoms with E-state index >= 15 is 0 Å². The van der Waals surface area contributed by atoms with Crippen molar-refractivity contribution in [2.24, 2.45) is 0 Å². The van der Waals surface area contributed by atoms with E-state index < -0.39 is 10.0 Å². The minimum atomic E-state index is -3.60. The topological polar surface area (TPSA) is 66.5 Å². The Balaban J connectivity index is 2.15. The number of amides is 1. The summed E-state index contributed by atoms with van der Waals surface area (Å²) in [6.07, 6.45) is 1.09. The molecule has 1 N–H and O–H groups in total. The van der Waals surface area contributed by atoms with Gasteiger partial charge in [0.25, 0.3) is 0 Å². The molecule has 2 aromatic carbocycles. The molecule has 2 rings (SSSR count). The number of carbonyl (C=O) groups excluding carboxylic acids is 1. The highest BCUT2D eigenvalue weighted by Crippen LogP contribution is 2.27. The van der Waals surface area contributed by atoms with Gasteiger partial charge in [0.2, 0.25) is 15.9 Å². The monoisotopic (exact) mass is 424 g/mol. The number of benzene rings is 2. The summed E-state index contributed by atoms with van der Waals surface area (Å²) in [5.74, 6) is -0.366. The molecule has 5 nitrogen and oxygen atoms in total. The predicted octanol–water partition coefficient (Wildman–Crippen LogP) is 3.40.